The second kappa shape index (κ2) is 45.8. The number of unbranched alkanes of at least 4 members (excludes halogenated alkanes) is 21. The molecule has 6 nitrogen and oxygen atoms in total. The van der Waals surface area contributed by atoms with E-state index in [2.05, 4.69) is 81.5 Å². The Kier molecular flexibility index (Phi) is 43.5. The minimum absolute atomic E-state index is 0.0846. The molecule has 0 aliphatic rings. The number of carbonyl (C=O) groups is 3. The lowest BCUT2D eigenvalue weighted by atomic mass is 10.1. The maximum absolute atomic E-state index is 12.7. The molecule has 0 aromatic carbocycles. The molecule has 0 rings (SSSR count). The lowest BCUT2D eigenvalue weighted by Gasteiger charge is -2.18. The highest BCUT2D eigenvalue weighted by molar-refractivity contribution is 5.71. The second-order valence-corrected chi connectivity index (χ2v) is 15.6. The minimum Gasteiger partial charge on any atom is -0.462 e. The Labute approximate surface area is 351 Å². The van der Waals surface area contributed by atoms with Crippen molar-refractivity contribution < 1.29 is 28.6 Å². The van der Waals surface area contributed by atoms with E-state index < -0.39 is 6.10 Å². The van der Waals surface area contributed by atoms with E-state index in [1.54, 1.807) is 0 Å². The summed E-state index contributed by atoms with van der Waals surface area (Å²) in [4.78, 5) is 37.7. The van der Waals surface area contributed by atoms with Crippen LogP contribution in [0.2, 0.25) is 0 Å². The van der Waals surface area contributed by atoms with Crippen molar-refractivity contribution >= 4 is 17.9 Å². The highest BCUT2D eigenvalue weighted by atomic mass is 16.6. The van der Waals surface area contributed by atoms with Gasteiger partial charge >= 0.3 is 17.9 Å². The van der Waals surface area contributed by atoms with E-state index >= 15 is 0 Å². The topological polar surface area (TPSA) is 78.9 Å². The predicted molar refractivity (Wildman–Crippen MR) is 242 cm³/mol. The maximum atomic E-state index is 12.7. The Morgan fingerprint density at radius 3 is 1.11 bits per heavy atom. The summed E-state index contributed by atoms with van der Waals surface area (Å²) in [5, 5.41) is 0. The highest BCUT2D eigenvalue weighted by Gasteiger charge is 2.19. The first-order valence-corrected chi connectivity index (χ1v) is 23.8. The van der Waals surface area contributed by atoms with Crippen molar-refractivity contribution in [3.63, 3.8) is 0 Å². The molecule has 328 valence electrons. The van der Waals surface area contributed by atoms with Crippen LogP contribution in [0, 0.1) is 0 Å². The number of carbonyl (C=O) groups excluding carboxylic acids is 3. The molecule has 0 aliphatic heterocycles. The molecule has 57 heavy (non-hydrogen) atoms. The largest absolute Gasteiger partial charge is 0.462 e. The van der Waals surface area contributed by atoms with E-state index in [1.165, 1.54) is 77.0 Å². The lowest BCUT2D eigenvalue weighted by Crippen LogP contribution is -2.30. The first kappa shape index (κ1) is 54.1. The first-order valence-electron chi connectivity index (χ1n) is 23.8. The second-order valence-electron chi connectivity index (χ2n) is 15.6. The van der Waals surface area contributed by atoms with Gasteiger partial charge in [0, 0.05) is 19.3 Å². The van der Waals surface area contributed by atoms with Crippen LogP contribution in [0.15, 0.2) is 60.8 Å². The molecule has 0 saturated carbocycles. The third-order valence-corrected chi connectivity index (χ3v) is 10.0. The summed E-state index contributed by atoms with van der Waals surface area (Å²) in [6.45, 7) is 6.45. The summed E-state index contributed by atoms with van der Waals surface area (Å²) in [6, 6.07) is 0. The zero-order valence-corrected chi connectivity index (χ0v) is 37.3. The van der Waals surface area contributed by atoms with Crippen molar-refractivity contribution in [2.24, 2.45) is 0 Å². The van der Waals surface area contributed by atoms with Crippen LogP contribution < -0.4 is 0 Å². The predicted octanol–water partition coefficient (Wildman–Crippen LogP) is 15.3. The standard InChI is InChI=1S/C51H88O6/c1-4-7-10-13-16-19-21-23-24-25-26-28-29-32-35-38-41-44-50(53)56-47-48(46-55-49(52)43-40-37-34-31-18-15-12-9-6-3)57-51(54)45-42-39-36-33-30-27-22-20-17-14-11-8-5-2/h7,10,16,19-20,22-24,26,28,48H,4-6,8-9,11-15,17-18,21,25,27,29-47H2,1-3H3/b10-7-,19-16-,22-20-,24-23-,28-26-. The van der Waals surface area contributed by atoms with E-state index in [1.807, 2.05) is 0 Å². The van der Waals surface area contributed by atoms with Crippen LogP contribution in [0.3, 0.4) is 0 Å². The van der Waals surface area contributed by atoms with Crippen molar-refractivity contribution in [1.29, 1.82) is 0 Å². The van der Waals surface area contributed by atoms with Gasteiger partial charge in [-0.1, -0.05) is 184 Å². The van der Waals surface area contributed by atoms with Crippen LogP contribution in [-0.4, -0.2) is 37.2 Å². The summed E-state index contributed by atoms with van der Waals surface area (Å²) >= 11 is 0. The Hall–Kier alpha value is -2.89. The van der Waals surface area contributed by atoms with Gasteiger partial charge in [-0.15, -0.1) is 0 Å². The van der Waals surface area contributed by atoms with Gasteiger partial charge in [-0.2, -0.15) is 0 Å². The average Bonchev–Trinajstić information content (AvgIpc) is 3.21. The number of hydrogen-bond donors (Lipinski definition) is 0. The Balaban J connectivity index is 4.40. The normalized spacial score (nSPS) is 12.5. The fourth-order valence-corrected chi connectivity index (χ4v) is 6.43. The van der Waals surface area contributed by atoms with Crippen LogP contribution in [0.25, 0.3) is 0 Å². The molecule has 0 heterocycles. The molecule has 1 unspecified atom stereocenters. The summed E-state index contributed by atoms with van der Waals surface area (Å²) in [7, 11) is 0. The van der Waals surface area contributed by atoms with E-state index in [4.69, 9.17) is 14.2 Å². The molecule has 0 saturated heterocycles. The van der Waals surface area contributed by atoms with Gasteiger partial charge in [-0.25, -0.2) is 0 Å². The third kappa shape index (κ3) is 44.1. The molecule has 0 amide bonds. The molecule has 0 radical (unpaired) electrons. The number of ether oxygens (including phenoxy) is 3. The van der Waals surface area contributed by atoms with Gasteiger partial charge in [0.25, 0.3) is 0 Å². The van der Waals surface area contributed by atoms with Crippen LogP contribution in [0.1, 0.15) is 226 Å². The molecular formula is C51H88O6. The Morgan fingerprint density at radius 1 is 0.368 bits per heavy atom. The zero-order valence-electron chi connectivity index (χ0n) is 37.3. The summed E-state index contributed by atoms with van der Waals surface area (Å²) in [6.07, 6.45) is 54.9. The van der Waals surface area contributed by atoms with Gasteiger partial charge in [0.05, 0.1) is 0 Å². The van der Waals surface area contributed by atoms with Gasteiger partial charge in [-0.3, -0.25) is 14.4 Å². The molecule has 0 N–H and O–H groups in total. The van der Waals surface area contributed by atoms with Crippen molar-refractivity contribution in [3.05, 3.63) is 60.8 Å². The van der Waals surface area contributed by atoms with E-state index in [-0.39, 0.29) is 31.1 Å². The summed E-state index contributed by atoms with van der Waals surface area (Å²) in [5.41, 5.74) is 0. The molecule has 0 aromatic rings. The molecule has 0 aliphatic carbocycles. The van der Waals surface area contributed by atoms with Crippen molar-refractivity contribution in [3.8, 4) is 0 Å². The molecule has 6 heteroatoms. The number of hydrogen-bond acceptors (Lipinski definition) is 6. The van der Waals surface area contributed by atoms with Gasteiger partial charge in [0.15, 0.2) is 6.10 Å². The monoisotopic (exact) mass is 797 g/mol. The van der Waals surface area contributed by atoms with Gasteiger partial charge < -0.3 is 14.2 Å². The summed E-state index contributed by atoms with van der Waals surface area (Å²) < 4.78 is 16.7. The van der Waals surface area contributed by atoms with Crippen LogP contribution in [0.5, 0.6) is 0 Å². The van der Waals surface area contributed by atoms with Crippen molar-refractivity contribution in [2.45, 2.75) is 232 Å². The Bertz CT molecular complexity index is 1050. The zero-order chi connectivity index (χ0) is 41.5. The molecule has 1 atom stereocenters. The minimum atomic E-state index is -0.784. The molecular weight excluding hydrogens is 709 g/mol. The van der Waals surface area contributed by atoms with E-state index in [9.17, 15) is 14.4 Å². The number of allylic oxidation sites excluding steroid dienone is 10. The smallest absolute Gasteiger partial charge is 0.306 e. The molecule has 0 spiro atoms. The van der Waals surface area contributed by atoms with Crippen molar-refractivity contribution in [1.82, 2.24) is 0 Å². The average molecular weight is 797 g/mol. The molecule has 0 bridgehead atoms. The van der Waals surface area contributed by atoms with E-state index in [0.717, 1.165) is 109 Å². The summed E-state index contributed by atoms with van der Waals surface area (Å²) in [5.74, 6) is -0.922. The Morgan fingerprint density at radius 2 is 0.684 bits per heavy atom. The van der Waals surface area contributed by atoms with Crippen LogP contribution in [0.4, 0.5) is 0 Å². The van der Waals surface area contributed by atoms with Crippen molar-refractivity contribution in [2.75, 3.05) is 13.2 Å². The molecule has 0 fully saturated rings. The van der Waals surface area contributed by atoms with E-state index in [0.29, 0.717) is 19.3 Å². The SMILES string of the molecule is CC/C=C\C/C=C\C/C=C\C/C=C\CCCCCCC(=O)OCC(COC(=O)CCCCCCCCCCC)OC(=O)CCCCCCC/C=C\CCCCCC. The van der Waals surface area contributed by atoms with Gasteiger partial charge in [-0.05, 0) is 83.5 Å². The van der Waals surface area contributed by atoms with Crippen LogP contribution in [-0.2, 0) is 28.6 Å². The van der Waals surface area contributed by atoms with Gasteiger partial charge in [0.1, 0.15) is 13.2 Å². The van der Waals surface area contributed by atoms with Gasteiger partial charge in [0.2, 0.25) is 0 Å². The van der Waals surface area contributed by atoms with Crippen LogP contribution >= 0.6 is 0 Å². The fourth-order valence-electron chi connectivity index (χ4n) is 6.43. The first-order chi connectivity index (χ1) is 28.0. The quantitative estimate of drug-likeness (QED) is 0.0265. The third-order valence-electron chi connectivity index (χ3n) is 10.0. The maximum Gasteiger partial charge on any atom is 0.306 e. The molecule has 0 aromatic heterocycles. The lowest BCUT2D eigenvalue weighted by molar-refractivity contribution is -0.167. The highest BCUT2D eigenvalue weighted by Crippen LogP contribution is 2.13. The number of esters is 3. The number of rotatable bonds is 42. The fraction of sp³-hybridized carbons (Fsp3) is 0.745.